The van der Waals surface area contributed by atoms with Crippen molar-refractivity contribution in [1.29, 1.82) is 0 Å². The van der Waals surface area contributed by atoms with Gasteiger partial charge in [0.15, 0.2) is 5.65 Å². The molecular formula is C24H29N5O2. The van der Waals surface area contributed by atoms with Crippen LogP contribution in [0.4, 0.5) is 0 Å². The molecule has 2 aromatic heterocycles. The molecule has 0 radical (unpaired) electrons. The molecule has 2 aliphatic rings. The first-order valence-electron chi connectivity index (χ1n) is 11.4. The van der Waals surface area contributed by atoms with Gasteiger partial charge in [-0.3, -0.25) is 4.79 Å². The van der Waals surface area contributed by atoms with E-state index in [0.717, 1.165) is 61.4 Å². The highest BCUT2D eigenvalue weighted by molar-refractivity contribution is 5.79. The highest BCUT2D eigenvalue weighted by Gasteiger charge is 2.33. The number of piperidine rings is 1. The lowest BCUT2D eigenvalue weighted by Gasteiger charge is -2.33. The Hall–Kier alpha value is -2.96. The molecule has 3 heterocycles. The molecule has 1 saturated heterocycles. The van der Waals surface area contributed by atoms with Gasteiger partial charge in [0.25, 0.3) is 0 Å². The molecule has 1 unspecified atom stereocenters. The number of carbonyl (C=O) groups excluding carboxylic acids is 1. The van der Waals surface area contributed by atoms with E-state index >= 15 is 0 Å². The molecule has 162 valence electrons. The average molecular weight is 420 g/mol. The van der Waals surface area contributed by atoms with Crippen LogP contribution < -0.4 is 4.74 Å². The minimum Gasteiger partial charge on any atom is -0.492 e. The van der Waals surface area contributed by atoms with Crippen molar-refractivity contribution in [1.82, 2.24) is 24.6 Å². The Labute approximate surface area is 182 Å². The van der Waals surface area contributed by atoms with Crippen molar-refractivity contribution < 1.29 is 9.53 Å². The Morgan fingerprint density at radius 2 is 1.84 bits per heavy atom. The molecule has 1 aromatic carbocycles. The van der Waals surface area contributed by atoms with Crippen LogP contribution in [0.1, 0.15) is 50.1 Å². The Balaban J connectivity index is 1.32. The number of rotatable bonds is 6. The number of amides is 1. The number of hydrogen-bond acceptors (Lipinski definition) is 5. The van der Waals surface area contributed by atoms with E-state index < -0.39 is 0 Å². The Bertz CT molecular complexity index is 1030. The van der Waals surface area contributed by atoms with Crippen LogP contribution in [0.5, 0.6) is 5.75 Å². The van der Waals surface area contributed by atoms with Crippen molar-refractivity contribution in [3.8, 4) is 5.75 Å². The summed E-state index contributed by atoms with van der Waals surface area (Å²) in [4.78, 5) is 24.2. The zero-order chi connectivity index (χ0) is 21.0. The van der Waals surface area contributed by atoms with Crippen molar-refractivity contribution in [2.24, 2.45) is 5.92 Å². The first kappa shape index (κ1) is 20.0. The summed E-state index contributed by atoms with van der Waals surface area (Å²) in [5, 5.41) is 4.91. The second-order valence-corrected chi connectivity index (χ2v) is 8.60. The van der Waals surface area contributed by atoms with Gasteiger partial charge in [0.05, 0.1) is 12.2 Å². The van der Waals surface area contributed by atoms with Crippen LogP contribution in [0.3, 0.4) is 0 Å². The number of hydrogen-bond donors (Lipinski definition) is 0. The molecule has 1 aliphatic heterocycles. The fourth-order valence-corrected chi connectivity index (χ4v) is 4.95. The lowest BCUT2D eigenvalue weighted by atomic mass is 9.93. The maximum Gasteiger partial charge on any atom is 0.225 e. The van der Waals surface area contributed by atoms with Gasteiger partial charge in [0.2, 0.25) is 5.91 Å². The molecule has 31 heavy (non-hydrogen) atoms. The maximum absolute atomic E-state index is 13.0. The second kappa shape index (κ2) is 9.04. The zero-order valence-corrected chi connectivity index (χ0v) is 17.8. The van der Waals surface area contributed by atoms with E-state index in [1.54, 1.807) is 12.4 Å². The van der Waals surface area contributed by atoms with Crippen molar-refractivity contribution in [2.75, 3.05) is 19.7 Å². The summed E-state index contributed by atoms with van der Waals surface area (Å²) in [6, 6.07) is 9.79. The molecule has 2 fully saturated rings. The third kappa shape index (κ3) is 4.27. The first-order valence-corrected chi connectivity index (χ1v) is 11.4. The molecule has 0 bridgehead atoms. The maximum atomic E-state index is 13.0. The molecule has 3 aromatic rings. The van der Waals surface area contributed by atoms with Gasteiger partial charge in [0.1, 0.15) is 17.9 Å². The Kier molecular flexibility index (Phi) is 5.82. The van der Waals surface area contributed by atoms with E-state index in [-0.39, 0.29) is 11.8 Å². The molecule has 1 aliphatic carbocycles. The molecule has 7 nitrogen and oxygen atoms in total. The minimum absolute atomic E-state index is 0.203. The average Bonchev–Trinajstić information content (AvgIpc) is 3.48. The lowest BCUT2D eigenvalue weighted by molar-refractivity contribution is -0.136. The van der Waals surface area contributed by atoms with Crippen LogP contribution >= 0.6 is 0 Å². The minimum atomic E-state index is 0.203. The molecule has 5 rings (SSSR count). The zero-order valence-electron chi connectivity index (χ0n) is 17.8. The Morgan fingerprint density at radius 1 is 1.03 bits per heavy atom. The van der Waals surface area contributed by atoms with Crippen LogP contribution in [0.2, 0.25) is 0 Å². The van der Waals surface area contributed by atoms with Gasteiger partial charge in [-0.1, -0.05) is 31.0 Å². The summed E-state index contributed by atoms with van der Waals surface area (Å²) in [5.41, 5.74) is 2.60. The Morgan fingerprint density at radius 3 is 2.68 bits per heavy atom. The van der Waals surface area contributed by atoms with E-state index in [0.29, 0.717) is 19.1 Å². The lowest BCUT2D eigenvalue weighted by Crippen LogP contribution is -2.42. The third-order valence-corrected chi connectivity index (χ3v) is 6.53. The standard InChI is InChI=1S/C24H29N5O2/c30-24(18-7-4-5-8-18)28-14-6-9-19(17-28)21-22-23(26-13-12-25-22)29(27-21)15-16-31-20-10-2-1-3-11-20/h1-3,10-13,18-19H,4-9,14-17H2. The SMILES string of the molecule is O=C(C1CCCC1)N1CCCC(c2nn(CCOc3ccccc3)c3nccnc23)C1. The van der Waals surface area contributed by atoms with E-state index in [1.165, 1.54) is 12.8 Å². The summed E-state index contributed by atoms with van der Waals surface area (Å²) >= 11 is 0. The molecule has 0 N–H and O–H groups in total. The van der Waals surface area contributed by atoms with Crippen LogP contribution in [-0.4, -0.2) is 50.3 Å². The van der Waals surface area contributed by atoms with Gasteiger partial charge >= 0.3 is 0 Å². The number of para-hydroxylation sites is 1. The van der Waals surface area contributed by atoms with E-state index in [1.807, 2.05) is 35.0 Å². The van der Waals surface area contributed by atoms with Crippen LogP contribution in [0.25, 0.3) is 11.2 Å². The number of benzene rings is 1. The second-order valence-electron chi connectivity index (χ2n) is 8.60. The molecule has 1 atom stereocenters. The summed E-state index contributed by atoms with van der Waals surface area (Å²) in [6.45, 7) is 2.70. The number of ether oxygens (including phenoxy) is 1. The first-order chi connectivity index (χ1) is 15.3. The van der Waals surface area contributed by atoms with Gasteiger partial charge in [-0.15, -0.1) is 0 Å². The number of aromatic nitrogens is 4. The normalized spacial score (nSPS) is 19.7. The smallest absolute Gasteiger partial charge is 0.225 e. The quantitative estimate of drug-likeness (QED) is 0.608. The van der Waals surface area contributed by atoms with Crippen LogP contribution in [0.15, 0.2) is 42.7 Å². The summed E-state index contributed by atoms with van der Waals surface area (Å²) in [7, 11) is 0. The topological polar surface area (TPSA) is 73.1 Å². The number of fused-ring (bicyclic) bond motifs is 1. The van der Waals surface area contributed by atoms with Gasteiger partial charge < -0.3 is 9.64 Å². The van der Waals surface area contributed by atoms with Crippen molar-refractivity contribution >= 4 is 17.1 Å². The molecule has 0 spiro atoms. The summed E-state index contributed by atoms with van der Waals surface area (Å²) in [5.74, 6) is 1.62. The highest BCUT2D eigenvalue weighted by Crippen LogP contribution is 2.33. The molecule has 7 heteroatoms. The van der Waals surface area contributed by atoms with Crippen LogP contribution in [-0.2, 0) is 11.3 Å². The van der Waals surface area contributed by atoms with Gasteiger partial charge in [0, 0.05) is 37.3 Å². The number of likely N-dealkylation sites (tertiary alicyclic amines) is 1. The van der Waals surface area contributed by atoms with E-state index in [4.69, 9.17) is 9.84 Å². The van der Waals surface area contributed by atoms with Crippen LogP contribution in [0, 0.1) is 5.92 Å². The predicted octanol–water partition coefficient (Wildman–Crippen LogP) is 3.80. The monoisotopic (exact) mass is 419 g/mol. The number of nitrogens with zero attached hydrogens (tertiary/aromatic N) is 5. The largest absolute Gasteiger partial charge is 0.492 e. The molecule has 1 amide bonds. The highest BCUT2D eigenvalue weighted by atomic mass is 16.5. The number of carbonyl (C=O) groups is 1. The third-order valence-electron chi connectivity index (χ3n) is 6.53. The fraction of sp³-hybridized carbons (Fsp3) is 0.500. The predicted molar refractivity (Wildman–Crippen MR) is 118 cm³/mol. The summed E-state index contributed by atoms with van der Waals surface area (Å²) in [6.07, 6.45) is 9.93. The van der Waals surface area contributed by atoms with Crippen molar-refractivity contribution in [2.45, 2.75) is 51.0 Å². The fourth-order valence-electron chi connectivity index (χ4n) is 4.95. The molecule has 1 saturated carbocycles. The van der Waals surface area contributed by atoms with E-state index in [9.17, 15) is 4.79 Å². The van der Waals surface area contributed by atoms with Gasteiger partial charge in [-0.25, -0.2) is 14.6 Å². The van der Waals surface area contributed by atoms with Crippen molar-refractivity contribution in [3.05, 3.63) is 48.4 Å². The van der Waals surface area contributed by atoms with Crippen molar-refractivity contribution in [3.63, 3.8) is 0 Å². The molecular weight excluding hydrogens is 390 g/mol. The van der Waals surface area contributed by atoms with Gasteiger partial charge in [-0.05, 0) is 37.8 Å². The van der Waals surface area contributed by atoms with E-state index in [2.05, 4.69) is 14.9 Å². The summed E-state index contributed by atoms with van der Waals surface area (Å²) < 4.78 is 7.76. The van der Waals surface area contributed by atoms with Gasteiger partial charge in [-0.2, -0.15) is 5.10 Å².